The maximum atomic E-state index is 13.8. The molecule has 1 aromatic carbocycles. The molecular weight excluding hydrogens is 413 g/mol. The molecule has 0 radical (unpaired) electrons. The summed E-state index contributed by atoms with van der Waals surface area (Å²) in [4.78, 5) is 19.2. The smallest absolute Gasteiger partial charge is 0.276 e. The Labute approximate surface area is 183 Å². The van der Waals surface area contributed by atoms with Crippen LogP contribution >= 0.6 is 0 Å². The Kier molecular flexibility index (Phi) is 5.08. The van der Waals surface area contributed by atoms with E-state index in [9.17, 15) is 9.18 Å². The minimum Gasteiger partial charge on any atom is -0.496 e. The van der Waals surface area contributed by atoms with Crippen LogP contribution in [0.15, 0.2) is 47.1 Å². The molecule has 3 aromatic heterocycles. The topological polar surface area (TPSA) is 85.8 Å². The highest BCUT2D eigenvalue weighted by atomic mass is 19.1. The zero-order valence-corrected chi connectivity index (χ0v) is 17.8. The van der Waals surface area contributed by atoms with E-state index in [2.05, 4.69) is 15.2 Å². The fourth-order valence-electron chi connectivity index (χ4n) is 4.14. The molecule has 32 heavy (non-hydrogen) atoms. The van der Waals surface area contributed by atoms with Crippen molar-refractivity contribution < 1.29 is 18.4 Å². The van der Waals surface area contributed by atoms with Gasteiger partial charge < -0.3 is 14.2 Å². The number of carbonyl (C=O) groups excluding carboxylic acids is 1. The molecule has 1 amide bonds. The van der Waals surface area contributed by atoms with E-state index < -0.39 is 0 Å². The molecule has 4 heterocycles. The number of amides is 1. The van der Waals surface area contributed by atoms with Crippen molar-refractivity contribution in [1.29, 1.82) is 0 Å². The van der Waals surface area contributed by atoms with Crippen LogP contribution in [0.4, 0.5) is 4.39 Å². The number of pyridine rings is 1. The molecule has 164 valence electrons. The molecule has 1 atom stereocenters. The van der Waals surface area contributed by atoms with E-state index in [-0.39, 0.29) is 17.6 Å². The lowest BCUT2D eigenvalue weighted by Crippen LogP contribution is -2.39. The number of hydrogen-bond acceptors (Lipinski definition) is 6. The van der Waals surface area contributed by atoms with Gasteiger partial charge in [-0.15, -0.1) is 0 Å². The Morgan fingerprint density at radius 2 is 2.12 bits per heavy atom. The molecule has 1 saturated heterocycles. The summed E-state index contributed by atoms with van der Waals surface area (Å²) in [5, 5.41) is 8.51. The maximum absolute atomic E-state index is 13.8. The number of rotatable bonds is 4. The van der Waals surface area contributed by atoms with E-state index in [4.69, 9.17) is 9.26 Å². The normalized spacial score (nSPS) is 16.5. The van der Waals surface area contributed by atoms with Crippen LogP contribution in [-0.4, -0.2) is 50.8 Å². The van der Waals surface area contributed by atoms with E-state index in [0.29, 0.717) is 47.3 Å². The highest BCUT2D eigenvalue weighted by Gasteiger charge is 2.29. The van der Waals surface area contributed by atoms with Gasteiger partial charge in [0.1, 0.15) is 17.3 Å². The van der Waals surface area contributed by atoms with Gasteiger partial charge in [-0.25, -0.2) is 13.9 Å². The van der Waals surface area contributed by atoms with E-state index in [1.54, 1.807) is 35.6 Å². The number of aromatic nitrogens is 4. The van der Waals surface area contributed by atoms with Gasteiger partial charge in [-0.1, -0.05) is 5.16 Å². The molecule has 1 aliphatic rings. The number of halogens is 1. The molecule has 1 aliphatic heterocycles. The number of likely N-dealkylation sites (tertiary alicyclic amines) is 1. The minimum absolute atomic E-state index is 0.0211. The van der Waals surface area contributed by atoms with Crippen molar-refractivity contribution in [2.24, 2.45) is 0 Å². The first-order chi connectivity index (χ1) is 15.5. The molecule has 0 N–H and O–H groups in total. The van der Waals surface area contributed by atoms with Crippen molar-refractivity contribution >= 4 is 11.6 Å². The first-order valence-corrected chi connectivity index (χ1v) is 10.4. The molecule has 0 bridgehead atoms. The summed E-state index contributed by atoms with van der Waals surface area (Å²) in [6, 6.07) is 9.77. The first kappa shape index (κ1) is 20.2. The van der Waals surface area contributed by atoms with Crippen LogP contribution in [0.5, 0.6) is 5.75 Å². The van der Waals surface area contributed by atoms with Crippen LogP contribution < -0.4 is 4.74 Å². The van der Waals surface area contributed by atoms with Crippen molar-refractivity contribution in [3.05, 3.63) is 65.7 Å². The van der Waals surface area contributed by atoms with Gasteiger partial charge in [0.25, 0.3) is 5.91 Å². The van der Waals surface area contributed by atoms with Crippen molar-refractivity contribution in [2.75, 3.05) is 20.2 Å². The second-order valence-electron chi connectivity index (χ2n) is 7.95. The molecule has 0 unspecified atom stereocenters. The average molecular weight is 435 g/mol. The standard InChI is InChI=1S/C23H22FN5O3/c1-14-10-19(27-32-14)23(30)28-9-3-4-16(12-28)22-25-21-8-5-15(13-29(21)26-22)18-11-17(24)6-7-20(18)31-2/h5-8,10-11,13,16H,3-4,9,12H2,1-2H3/t16-/m0/s1. The molecule has 0 aliphatic carbocycles. The number of piperidine rings is 1. The molecule has 1 fully saturated rings. The third kappa shape index (κ3) is 3.70. The molecule has 5 rings (SSSR count). The van der Waals surface area contributed by atoms with Gasteiger partial charge in [-0.3, -0.25) is 4.79 Å². The second kappa shape index (κ2) is 8.07. The van der Waals surface area contributed by atoms with Crippen molar-refractivity contribution in [2.45, 2.75) is 25.7 Å². The Morgan fingerprint density at radius 3 is 2.91 bits per heavy atom. The summed E-state index contributed by atoms with van der Waals surface area (Å²) in [5.41, 5.74) is 2.42. The fraction of sp³-hybridized carbons (Fsp3) is 0.304. The Hall–Kier alpha value is -3.75. The zero-order chi connectivity index (χ0) is 22.2. The lowest BCUT2D eigenvalue weighted by atomic mass is 9.97. The third-order valence-electron chi connectivity index (χ3n) is 5.74. The van der Waals surface area contributed by atoms with Crippen molar-refractivity contribution in [3.63, 3.8) is 0 Å². The van der Waals surface area contributed by atoms with Gasteiger partial charge in [0, 0.05) is 42.4 Å². The van der Waals surface area contributed by atoms with Crippen LogP contribution in [0.2, 0.25) is 0 Å². The largest absolute Gasteiger partial charge is 0.496 e. The molecule has 0 saturated carbocycles. The summed E-state index contributed by atoms with van der Waals surface area (Å²) in [6.45, 7) is 2.95. The summed E-state index contributed by atoms with van der Waals surface area (Å²) in [5.74, 6) is 1.41. The number of carbonyl (C=O) groups is 1. The van der Waals surface area contributed by atoms with E-state index in [1.165, 1.54) is 12.1 Å². The Bertz CT molecular complexity index is 1300. The number of methoxy groups -OCH3 is 1. The molecule has 8 nitrogen and oxygen atoms in total. The van der Waals surface area contributed by atoms with E-state index >= 15 is 0 Å². The molecule has 9 heteroatoms. The number of ether oxygens (including phenoxy) is 1. The molecule has 4 aromatic rings. The summed E-state index contributed by atoms with van der Waals surface area (Å²) in [7, 11) is 1.55. The Balaban J connectivity index is 1.41. The monoisotopic (exact) mass is 435 g/mol. The Morgan fingerprint density at radius 1 is 1.25 bits per heavy atom. The predicted molar refractivity (Wildman–Crippen MR) is 114 cm³/mol. The van der Waals surface area contributed by atoms with Crippen LogP contribution in [0.3, 0.4) is 0 Å². The lowest BCUT2D eigenvalue weighted by molar-refractivity contribution is 0.0694. The lowest BCUT2D eigenvalue weighted by Gasteiger charge is -2.30. The van der Waals surface area contributed by atoms with Crippen molar-refractivity contribution in [3.8, 4) is 16.9 Å². The summed E-state index contributed by atoms with van der Waals surface area (Å²) >= 11 is 0. The van der Waals surface area contributed by atoms with E-state index in [0.717, 1.165) is 18.4 Å². The number of fused-ring (bicyclic) bond motifs is 1. The average Bonchev–Trinajstić information content (AvgIpc) is 3.44. The molecular formula is C23H22FN5O3. The zero-order valence-electron chi connectivity index (χ0n) is 17.8. The number of hydrogen-bond donors (Lipinski definition) is 0. The van der Waals surface area contributed by atoms with Gasteiger partial charge in [0.05, 0.1) is 7.11 Å². The van der Waals surface area contributed by atoms with Crippen LogP contribution in [0.1, 0.15) is 40.8 Å². The van der Waals surface area contributed by atoms with Gasteiger partial charge in [0.2, 0.25) is 0 Å². The predicted octanol–water partition coefficient (Wildman–Crippen LogP) is 3.86. The number of benzene rings is 1. The quantitative estimate of drug-likeness (QED) is 0.484. The van der Waals surface area contributed by atoms with Gasteiger partial charge in [-0.05, 0) is 50.1 Å². The van der Waals surface area contributed by atoms with Gasteiger partial charge in [0.15, 0.2) is 17.2 Å². The summed E-state index contributed by atoms with van der Waals surface area (Å²) in [6.07, 6.45) is 3.56. The maximum Gasteiger partial charge on any atom is 0.276 e. The van der Waals surface area contributed by atoms with Gasteiger partial charge >= 0.3 is 0 Å². The molecule has 0 spiro atoms. The van der Waals surface area contributed by atoms with Crippen molar-refractivity contribution in [1.82, 2.24) is 24.7 Å². The minimum atomic E-state index is -0.338. The number of nitrogens with zero attached hydrogens (tertiary/aromatic N) is 5. The van der Waals surface area contributed by atoms with Gasteiger partial charge in [-0.2, -0.15) is 5.10 Å². The second-order valence-corrected chi connectivity index (χ2v) is 7.95. The van der Waals surface area contributed by atoms with Crippen LogP contribution in [0.25, 0.3) is 16.8 Å². The van der Waals surface area contributed by atoms with E-state index in [1.807, 2.05) is 18.3 Å². The third-order valence-corrected chi connectivity index (χ3v) is 5.74. The SMILES string of the molecule is COc1ccc(F)cc1-c1ccc2nc([C@H]3CCCN(C(=O)c4cc(C)on4)C3)nn2c1. The highest BCUT2D eigenvalue weighted by Crippen LogP contribution is 2.31. The van der Waals surface area contributed by atoms with Crippen LogP contribution in [-0.2, 0) is 0 Å². The van der Waals surface area contributed by atoms with Crippen LogP contribution in [0, 0.1) is 12.7 Å². The fourth-order valence-corrected chi connectivity index (χ4v) is 4.14. The highest BCUT2D eigenvalue weighted by molar-refractivity contribution is 5.92. The first-order valence-electron chi connectivity index (χ1n) is 10.4. The number of aryl methyl sites for hydroxylation is 1. The summed E-state index contributed by atoms with van der Waals surface area (Å²) < 4.78 is 25.9.